The normalized spacial score (nSPS) is 18.6. The summed E-state index contributed by atoms with van der Waals surface area (Å²) < 4.78 is 37.9. The van der Waals surface area contributed by atoms with Crippen LogP contribution in [0.5, 0.6) is 0 Å². The molecular weight excluding hydrogens is 283 g/mol. The minimum Gasteiger partial charge on any atom is -0.481 e. The number of nitrogens with one attached hydrogen (secondary N) is 1. The Morgan fingerprint density at radius 2 is 2.16 bits per heavy atom. The van der Waals surface area contributed by atoms with Gasteiger partial charge in [-0.2, -0.15) is 13.2 Å². The predicted molar refractivity (Wildman–Crippen MR) is 64.6 cm³/mol. The number of anilines is 1. The maximum absolute atomic E-state index is 12.6. The molecule has 0 unspecified atom stereocenters. The van der Waals surface area contributed by atoms with Crippen molar-refractivity contribution in [3.8, 4) is 0 Å². The Balaban J connectivity index is 2.29. The van der Waals surface area contributed by atoms with Crippen LogP contribution in [0.15, 0.2) is 12.1 Å². The van der Waals surface area contributed by atoms with Crippen LogP contribution in [-0.4, -0.2) is 23.3 Å². The van der Waals surface area contributed by atoms with E-state index in [-0.39, 0.29) is 30.0 Å². The molecule has 1 aliphatic rings. The number of hydrogen-bond donors (Lipinski definition) is 2. The summed E-state index contributed by atoms with van der Waals surface area (Å²) in [7, 11) is 0. The number of halogens is 4. The van der Waals surface area contributed by atoms with Crippen LogP contribution in [0, 0.1) is 0 Å². The Labute approximate surface area is 112 Å². The van der Waals surface area contributed by atoms with Gasteiger partial charge in [-0.3, -0.25) is 4.79 Å². The summed E-state index contributed by atoms with van der Waals surface area (Å²) in [6.07, 6.45) is -4.38. The molecule has 2 rings (SSSR count). The molecule has 0 radical (unpaired) electrons. The molecule has 0 bridgehead atoms. The molecule has 0 spiro atoms. The Morgan fingerprint density at radius 3 is 2.74 bits per heavy atom. The van der Waals surface area contributed by atoms with Crippen molar-refractivity contribution in [2.75, 3.05) is 5.32 Å². The van der Waals surface area contributed by atoms with Crippen molar-refractivity contribution in [2.45, 2.75) is 31.5 Å². The number of alkyl halides is 3. The van der Waals surface area contributed by atoms with E-state index in [2.05, 4.69) is 5.32 Å². The lowest BCUT2D eigenvalue weighted by atomic mass is 9.95. The largest absolute Gasteiger partial charge is 0.481 e. The zero-order valence-corrected chi connectivity index (χ0v) is 10.5. The second-order valence-electron chi connectivity index (χ2n) is 4.46. The molecule has 104 valence electrons. The standard InChI is InChI=1S/C12H11ClF3NO2/c13-8-4-6(5-10(18)19)3-7-1-2-9(12(14,15)16)17-11(7)8/h3-4,9,17H,1-2,5H2,(H,18,19)/t9-/m0/s1. The Kier molecular flexibility index (Phi) is 3.62. The van der Waals surface area contributed by atoms with Crippen LogP contribution in [0.25, 0.3) is 0 Å². The number of carbonyl (C=O) groups is 1. The van der Waals surface area contributed by atoms with Gasteiger partial charge in [0.15, 0.2) is 0 Å². The zero-order valence-electron chi connectivity index (χ0n) is 9.72. The van der Waals surface area contributed by atoms with Crippen LogP contribution < -0.4 is 5.32 Å². The fourth-order valence-electron chi connectivity index (χ4n) is 2.15. The predicted octanol–water partition coefficient (Wildman–Crippen LogP) is 3.26. The maximum Gasteiger partial charge on any atom is 0.408 e. The summed E-state index contributed by atoms with van der Waals surface area (Å²) in [6, 6.07) is 1.37. The van der Waals surface area contributed by atoms with Crippen LogP contribution >= 0.6 is 11.6 Å². The van der Waals surface area contributed by atoms with Gasteiger partial charge in [0.2, 0.25) is 0 Å². The molecule has 1 atom stereocenters. The van der Waals surface area contributed by atoms with Crippen molar-refractivity contribution in [1.29, 1.82) is 0 Å². The molecule has 19 heavy (non-hydrogen) atoms. The number of fused-ring (bicyclic) bond motifs is 1. The summed E-state index contributed by atoms with van der Waals surface area (Å²) in [5.74, 6) is -1.01. The molecule has 0 aromatic heterocycles. The van der Waals surface area contributed by atoms with Gasteiger partial charge < -0.3 is 10.4 Å². The first-order valence-electron chi connectivity index (χ1n) is 5.63. The van der Waals surface area contributed by atoms with Crippen molar-refractivity contribution in [1.82, 2.24) is 0 Å². The molecule has 0 saturated carbocycles. The van der Waals surface area contributed by atoms with E-state index in [1.807, 2.05) is 0 Å². The molecule has 0 aliphatic carbocycles. The Morgan fingerprint density at radius 1 is 1.47 bits per heavy atom. The topological polar surface area (TPSA) is 49.3 Å². The van der Waals surface area contributed by atoms with Crippen molar-refractivity contribution < 1.29 is 23.1 Å². The lowest BCUT2D eigenvalue weighted by Gasteiger charge is -2.29. The molecule has 1 aromatic rings. The van der Waals surface area contributed by atoms with Gasteiger partial charge in [0.1, 0.15) is 6.04 Å². The minimum atomic E-state index is -4.32. The van der Waals surface area contributed by atoms with Gasteiger partial charge in [-0.15, -0.1) is 0 Å². The van der Waals surface area contributed by atoms with E-state index < -0.39 is 18.2 Å². The van der Waals surface area contributed by atoms with Gasteiger partial charge >= 0.3 is 12.1 Å². The van der Waals surface area contributed by atoms with Crippen LogP contribution in [0.3, 0.4) is 0 Å². The molecule has 0 amide bonds. The number of aryl methyl sites for hydroxylation is 1. The molecule has 1 aromatic carbocycles. The second kappa shape index (κ2) is 4.92. The van der Waals surface area contributed by atoms with Gasteiger partial charge in [-0.1, -0.05) is 17.7 Å². The van der Waals surface area contributed by atoms with E-state index in [4.69, 9.17) is 16.7 Å². The molecule has 1 aliphatic heterocycles. The van der Waals surface area contributed by atoms with Crippen LogP contribution in [-0.2, 0) is 17.6 Å². The second-order valence-corrected chi connectivity index (χ2v) is 4.87. The number of aliphatic carboxylic acids is 1. The number of benzene rings is 1. The first kappa shape index (κ1) is 14.0. The van der Waals surface area contributed by atoms with Crippen LogP contribution in [0.1, 0.15) is 17.5 Å². The first-order valence-corrected chi connectivity index (χ1v) is 6.01. The third kappa shape index (κ3) is 3.12. The third-order valence-corrected chi connectivity index (χ3v) is 3.30. The van der Waals surface area contributed by atoms with Crippen molar-refractivity contribution in [3.05, 3.63) is 28.3 Å². The summed E-state index contributed by atoms with van der Waals surface area (Å²) >= 11 is 5.92. The van der Waals surface area contributed by atoms with Gasteiger partial charge in [0.05, 0.1) is 17.1 Å². The summed E-state index contributed by atoms with van der Waals surface area (Å²) in [5.41, 5.74) is 1.37. The van der Waals surface area contributed by atoms with Crippen molar-refractivity contribution in [2.24, 2.45) is 0 Å². The first-order chi connectivity index (χ1) is 8.77. The smallest absolute Gasteiger partial charge is 0.408 e. The van der Waals surface area contributed by atoms with E-state index >= 15 is 0 Å². The highest BCUT2D eigenvalue weighted by atomic mass is 35.5. The van der Waals surface area contributed by atoms with E-state index in [1.54, 1.807) is 6.07 Å². The fraction of sp³-hybridized carbons (Fsp3) is 0.417. The molecule has 1 heterocycles. The van der Waals surface area contributed by atoms with Gasteiger partial charge in [0.25, 0.3) is 0 Å². The van der Waals surface area contributed by atoms with Gasteiger partial charge in [0, 0.05) is 0 Å². The molecule has 7 heteroatoms. The Hall–Kier alpha value is -1.43. The van der Waals surface area contributed by atoms with E-state index in [1.165, 1.54) is 6.07 Å². The zero-order chi connectivity index (χ0) is 14.2. The average molecular weight is 294 g/mol. The molecule has 0 saturated heterocycles. The summed E-state index contributed by atoms with van der Waals surface area (Å²) in [6.45, 7) is 0. The molecule has 0 fully saturated rings. The van der Waals surface area contributed by atoms with Crippen molar-refractivity contribution >= 4 is 23.3 Å². The van der Waals surface area contributed by atoms with Crippen LogP contribution in [0.4, 0.5) is 18.9 Å². The quantitative estimate of drug-likeness (QED) is 0.880. The lowest BCUT2D eigenvalue weighted by molar-refractivity contribution is -0.144. The fourth-order valence-corrected chi connectivity index (χ4v) is 2.47. The van der Waals surface area contributed by atoms with Crippen molar-refractivity contribution in [3.63, 3.8) is 0 Å². The molecule has 3 nitrogen and oxygen atoms in total. The van der Waals surface area contributed by atoms with E-state index in [0.717, 1.165) is 0 Å². The highest BCUT2D eigenvalue weighted by Crippen LogP contribution is 2.37. The van der Waals surface area contributed by atoms with E-state index in [0.29, 0.717) is 11.1 Å². The highest BCUT2D eigenvalue weighted by Gasteiger charge is 2.41. The monoisotopic (exact) mass is 293 g/mol. The summed E-state index contributed by atoms with van der Waals surface area (Å²) in [4.78, 5) is 10.6. The number of carboxylic acid groups (broad SMARTS) is 1. The number of rotatable bonds is 2. The average Bonchev–Trinajstić information content (AvgIpc) is 2.26. The van der Waals surface area contributed by atoms with Gasteiger partial charge in [-0.25, -0.2) is 0 Å². The molecular formula is C12H11ClF3NO2. The lowest BCUT2D eigenvalue weighted by Crippen LogP contribution is -2.39. The summed E-state index contributed by atoms with van der Waals surface area (Å²) in [5, 5.41) is 11.2. The molecule has 2 N–H and O–H groups in total. The Bertz CT molecular complexity index is 516. The number of hydrogen-bond acceptors (Lipinski definition) is 2. The SMILES string of the molecule is O=C(O)Cc1cc(Cl)c2c(c1)CC[C@@H](C(F)(F)F)N2. The van der Waals surface area contributed by atoms with Crippen LogP contribution in [0.2, 0.25) is 5.02 Å². The number of carboxylic acids is 1. The highest BCUT2D eigenvalue weighted by molar-refractivity contribution is 6.33. The van der Waals surface area contributed by atoms with E-state index in [9.17, 15) is 18.0 Å². The maximum atomic E-state index is 12.6. The third-order valence-electron chi connectivity index (χ3n) is 3.00. The van der Waals surface area contributed by atoms with Gasteiger partial charge in [-0.05, 0) is 30.0 Å². The minimum absolute atomic E-state index is 0.0800.